The molecule has 2 aromatic rings. The van der Waals surface area contributed by atoms with Gasteiger partial charge in [-0.25, -0.2) is 0 Å². The fourth-order valence-electron chi connectivity index (χ4n) is 2.34. The summed E-state index contributed by atoms with van der Waals surface area (Å²) in [4.78, 5) is 0. The van der Waals surface area contributed by atoms with Crippen LogP contribution in [0.15, 0.2) is 49.6 Å². The predicted molar refractivity (Wildman–Crippen MR) is 89.0 cm³/mol. The van der Waals surface area contributed by atoms with Crippen LogP contribution in [0.4, 0.5) is 0 Å². The zero-order valence-corrected chi connectivity index (χ0v) is 12.6. The van der Waals surface area contributed by atoms with Gasteiger partial charge in [0.1, 0.15) is 11.5 Å². The van der Waals surface area contributed by atoms with E-state index in [0.29, 0.717) is 0 Å². The first kappa shape index (κ1) is 14.9. The Kier molecular flexibility index (Phi) is 4.83. The molecule has 0 radical (unpaired) electrons. The van der Waals surface area contributed by atoms with E-state index in [1.54, 1.807) is 14.2 Å². The van der Waals surface area contributed by atoms with Gasteiger partial charge in [0.2, 0.25) is 0 Å². The lowest BCUT2D eigenvalue weighted by Gasteiger charge is -2.10. The van der Waals surface area contributed by atoms with Crippen LogP contribution in [0.5, 0.6) is 11.5 Å². The standard InChI is InChI=1S/C19H20O2/c1-5-16-12-14(7-9-18(16)20-3)11-15-8-10-19(21-4)17(6-2)13-15/h5-10,12-13H,1-2,11H2,3-4H3. The van der Waals surface area contributed by atoms with Gasteiger partial charge in [-0.3, -0.25) is 0 Å². The van der Waals surface area contributed by atoms with Gasteiger partial charge in [0.05, 0.1) is 14.2 Å². The van der Waals surface area contributed by atoms with Gasteiger partial charge in [0.15, 0.2) is 0 Å². The van der Waals surface area contributed by atoms with Crippen molar-refractivity contribution in [1.29, 1.82) is 0 Å². The SMILES string of the molecule is C=Cc1cc(Cc2ccc(OC)c(C=C)c2)ccc1OC. The lowest BCUT2D eigenvalue weighted by atomic mass is 10.00. The number of hydrogen-bond donors (Lipinski definition) is 0. The van der Waals surface area contributed by atoms with Crippen LogP contribution in [0.3, 0.4) is 0 Å². The minimum absolute atomic E-state index is 0.843. The highest BCUT2D eigenvalue weighted by Crippen LogP contribution is 2.25. The highest BCUT2D eigenvalue weighted by molar-refractivity contribution is 5.59. The van der Waals surface area contributed by atoms with E-state index < -0.39 is 0 Å². The Morgan fingerprint density at radius 3 is 1.57 bits per heavy atom. The third kappa shape index (κ3) is 3.34. The van der Waals surface area contributed by atoms with Gasteiger partial charge < -0.3 is 9.47 Å². The van der Waals surface area contributed by atoms with Crippen molar-refractivity contribution in [2.24, 2.45) is 0 Å². The number of hydrogen-bond acceptors (Lipinski definition) is 2. The highest BCUT2D eigenvalue weighted by atomic mass is 16.5. The average Bonchev–Trinajstić information content (AvgIpc) is 2.54. The van der Waals surface area contributed by atoms with Crippen LogP contribution in [0.1, 0.15) is 22.3 Å². The third-order valence-electron chi connectivity index (χ3n) is 3.44. The molecule has 2 nitrogen and oxygen atoms in total. The van der Waals surface area contributed by atoms with Crippen LogP contribution in [-0.2, 0) is 6.42 Å². The molecule has 2 aromatic carbocycles. The highest BCUT2D eigenvalue weighted by Gasteiger charge is 2.05. The summed E-state index contributed by atoms with van der Waals surface area (Å²) >= 11 is 0. The van der Waals surface area contributed by atoms with Gasteiger partial charge in [-0.2, -0.15) is 0 Å². The van der Waals surface area contributed by atoms with Crippen LogP contribution < -0.4 is 9.47 Å². The summed E-state index contributed by atoms with van der Waals surface area (Å²) in [5, 5.41) is 0. The molecule has 0 saturated heterocycles. The van der Waals surface area contributed by atoms with Crippen molar-refractivity contribution in [3.05, 3.63) is 71.8 Å². The molecule has 0 unspecified atom stereocenters. The first-order valence-corrected chi connectivity index (χ1v) is 6.80. The quantitative estimate of drug-likeness (QED) is 0.771. The molecule has 2 rings (SSSR count). The maximum atomic E-state index is 5.31. The average molecular weight is 280 g/mol. The molecule has 0 N–H and O–H groups in total. The van der Waals surface area contributed by atoms with E-state index in [2.05, 4.69) is 37.4 Å². The lowest BCUT2D eigenvalue weighted by molar-refractivity contribution is 0.413. The van der Waals surface area contributed by atoms with E-state index >= 15 is 0 Å². The van der Waals surface area contributed by atoms with E-state index in [-0.39, 0.29) is 0 Å². The van der Waals surface area contributed by atoms with Crippen molar-refractivity contribution in [2.45, 2.75) is 6.42 Å². The van der Waals surface area contributed by atoms with E-state index in [1.807, 2.05) is 24.3 Å². The molecule has 0 spiro atoms. The smallest absolute Gasteiger partial charge is 0.126 e. The molecular formula is C19H20O2. The second kappa shape index (κ2) is 6.80. The Morgan fingerprint density at radius 2 is 1.24 bits per heavy atom. The summed E-state index contributed by atoms with van der Waals surface area (Å²) in [6, 6.07) is 12.3. The maximum Gasteiger partial charge on any atom is 0.126 e. The monoisotopic (exact) mass is 280 g/mol. The molecule has 108 valence electrons. The first-order valence-electron chi connectivity index (χ1n) is 6.80. The zero-order valence-electron chi connectivity index (χ0n) is 12.6. The zero-order chi connectivity index (χ0) is 15.2. The van der Waals surface area contributed by atoms with E-state index in [4.69, 9.17) is 9.47 Å². The van der Waals surface area contributed by atoms with Crippen molar-refractivity contribution < 1.29 is 9.47 Å². The van der Waals surface area contributed by atoms with Crippen LogP contribution >= 0.6 is 0 Å². The van der Waals surface area contributed by atoms with Gasteiger partial charge in [-0.05, 0) is 41.8 Å². The van der Waals surface area contributed by atoms with Crippen LogP contribution in [0, 0.1) is 0 Å². The van der Waals surface area contributed by atoms with Gasteiger partial charge in [0, 0.05) is 11.1 Å². The summed E-state index contributed by atoms with van der Waals surface area (Å²) < 4.78 is 10.6. The largest absolute Gasteiger partial charge is 0.496 e. The minimum Gasteiger partial charge on any atom is -0.496 e. The summed E-state index contributed by atoms with van der Waals surface area (Å²) in [5.41, 5.74) is 4.44. The molecule has 0 aliphatic rings. The number of ether oxygens (including phenoxy) is 2. The maximum absolute atomic E-state index is 5.31. The van der Waals surface area contributed by atoms with Gasteiger partial charge in [0.25, 0.3) is 0 Å². The van der Waals surface area contributed by atoms with Crippen LogP contribution in [-0.4, -0.2) is 14.2 Å². The molecule has 0 atom stereocenters. The second-order valence-corrected chi connectivity index (χ2v) is 4.74. The Bertz CT molecular complexity index is 599. The number of rotatable bonds is 6. The van der Waals surface area contributed by atoms with Crippen molar-refractivity contribution in [2.75, 3.05) is 14.2 Å². The second-order valence-electron chi connectivity index (χ2n) is 4.74. The van der Waals surface area contributed by atoms with Crippen molar-refractivity contribution in [1.82, 2.24) is 0 Å². The Labute approximate surface area is 126 Å². The molecule has 21 heavy (non-hydrogen) atoms. The summed E-state index contributed by atoms with van der Waals surface area (Å²) in [7, 11) is 3.34. The third-order valence-corrected chi connectivity index (χ3v) is 3.44. The molecule has 0 aliphatic carbocycles. The number of benzene rings is 2. The molecule has 2 heteroatoms. The van der Waals surface area contributed by atoms with E-state index in [1.165, 1.54) is 11.1 Å². The fourth-order valence-corrected chi connectivity index (χ4v) is 2.34. The minimum atomic E-state index is 0.843. The van der Waals surface area contributed by atoms with Crippen molar-refractivity contribution in [3.8, 4) is 11.5 Å². The van der Waals surface area contributed by atoms with Gasteiger partial charge in [-0.15, -0.1) is 0 Å². The van der Waals surface area contributed by atoms with E-state index in [9.17, 15) is 0 Å². The molecule has 0 amide bonds. The summed E-state index contributed by atoms with van der Waals surface area (Å²) in [6.45, 7) is 7.66. The molecule has 0 heterocycles. The van der Waals surface area contributed by atoms with Gasteiger partial charge >= 0.3 is 0 Å². The Morgan fingerprint density at radius 1 is 0.810 bits per heavy atom. The van der Waals surface area contributed by atoms with Crippen LogP contribution in [0.2, 0.25) is 0 Å². The lowest BCUT2D eigenvalue weighted by Crippen LogP contribution is -1.94. The molecular weight excluding hydrogens is 260 g/mol. The van der Waals surface area contributed by atoms with Crippen LogP contribution in [0.25, 0.3) is 12.2 Å². The Balaban J connectivity index is 2.29. The predicted octanol–water partition coefficient (Wildman–Crippen LogP) is 4.58. The summed E-state index contributed by atoms with van der Waals surface area (Å²) in [5.74, 6) is 1.69. The molecule has 0 saturated carbocycles. The topological polar surface area (TPSA) is 18.5 Å². The summed E-state index contributed by atoms with van der Waals surface area (Å²) in [6.07, 6.45) is 4.46. The Hall–Kier alpha value is -2.48. The number of methoxy groups -OCH3 is 2. The van der Waals surface area contributed by atoms with Gasteiger partial charge in [-0.1, -0.05) is 37.4 Å². The molecule has 0 bridgehead atoms. The molecule has 0 fully saturated rings. The fraction of sp³-hybridized carbons (Fsp3) is 0.158. The first-order chi connectivity index (χ1) is 10.2. The normalized spacial score (nSPS) is 10.0. The molecule has 0 aromatic heterocycles. The van der Waals surface area contributed by atoms with E-state index in [0.717, 1.165) is 29.0 Å². The molecule has 0 aliphatic heterocycles. The van der Waals surface area contributed by atoms with Crippen molar-refractivity contribution >= 4 is 12.2 Å². The van der Waals surface area contributed by atoms with Crippen molar-refractivity contribution in [3.63, 3.8) is 0 Å².